The van der Waals surface area contributed by atoms with E-state index in [1.54, 1.807) is 0 Å². The topological polar surface area (TPSA) is 74.6 Å². The zero-order valence-electron chi connectivity index (χ0n) is 5.42. The molecule has 0 amide bonds. The van der Waals surface area contributed by atoms with E-state index in [9.17, 15) is 9.59 Å². The molecule has 2 N–H and O–H groups in total. The summed E-state index contributed by atoms with van der Waals surface area (Å²) >= 11 is 0. The minimum atomic E-state index is -1.31. The van der Waals surface area contributed by atoms with Crippen molar-refractivity contribution in [3.8, 4) is 0 Å². The largest absolute Gasteiger partial charge is 1.00 e. The van der Waals surface area contributed by atoms with Gasteiger partial charge in [0.2, 0.25) is 0 Å². The van der Waals surface area contributed by atoms with Gasteiger partial charge in [-0.15, -0.1) is 0 Å². The van der Waals surface area contributed by atoms with Crippen LogP contribution < -0.4 is 29.6 Å². The van der Waals surface area contributed by atoms with Crippen molar-refractivity contribution >= 4 is 11.9 Å². The Balaban J connectivity index is -0.000000180. The van der Waals surface area contributed by atoms with E-state index < -0.39 is 18.4 Å². The van der Waals surface area contributed by atoms with Gasteiger partial charge < -0.3 is 17.6 Å². The first-order valence-corrected chi connectivity index (χ1v) is 1.56. The van der Waals surface area contributed by atoms with Gasteiger partial charge in [0.15, 0.2) is 0 Å². The Morgan fingerprint density at radius 2 is 1.33 bits per heavy atom. The van der Waals surface area contributed by atoms with Crippen molar-refractivity contribution in [1.82, 2.24) is 0 Å². The zero-order valence-corrected chi connectivity index (χ0v) is 7.42. The van der Waals surface area contributed by atoms with Gasteiger partial charge in [-0.1, -0.05) is 0 Å². The first-order chi connectivity index (χ1) is 3.13. The van der Waals surface area contributed by atoms with Gasteiger partial charge in [-0.2, -0.15) is 0 Å². The molecule has 5 heteroatoms. The van der Waals surface area contributed by atoms with Crippen molar-refractivity contribution in [2.75, 3.05) is 0 Å². The number of rotatable bonds is 2. The minimum absolute atomic E-state index is 0. The average Bonchev–Trinajstić information content (AvgIpc) is 1.27. The fraction of sp³-hybridized carbons (Fsp3) is 0.250. The summed E-state index contributed by atoms with van der Waals surface area (Å²) in [6, 6.07) is 0. The van der Waals surface area contributed by atoms with E-state index >= 15 is 0 Å². The molecule has 4 nitrogen and oxygen atoms in total. The van der Waals surface area contributed by atoms with Crippen molar-refractivity contribution in [3.63, 3.8) is 0 Å². The van der Waals surface area contributed by atoms with Crippen LogP contribution in [0, 0.1) is 7.43 Å². The molecule has 9 heavy (non-hydrogen) atoms. The van der Waals surface area contributed by atoms with Gasteiger partial charge in [0.25, 0.3) is 0 Å². The second kappa shape index (κ2) is 7.94. The molecule has 48 valence electrons. The predicted molar refractivity (Wildman–Crippen MR) is 26.3 cm³/mol. The first kappa shape index (κ1) is 16.0. The first-order valence-electron chi connectivity index (χ1n) is 1.56. The third kappa shape index (κ3) is 18.0. The van der Waals surface area contributed by atoms with E-state index in [1.807, 2.05) is 0 Å². The third-order valence-electron chi connectivity index (χ3n) is 0.302. The molecule has 0 saturated carbocycles. The number of hydrogen-bond acceptors (Lipinski definition) is 2. The Bertz CT molecular complexity index is 88.7. The molecule has 0 heterocycles. The maximum absolute atomic E-state index is 9.43. The molecule has 0 radical (unpaired) electrons. The molecule has 0 saturated heterocycles. The number of carboxylic acid groups (broad SMARTS) is 2. The third-order valence-corrected chi connectivity index (χ3v) is 0.302. The molecule has 0 rings (SSSR count). The predicted octanol–water partition coefficient (Wildman–Crippen LogP) is -3.00. The molecule has 0 fully saturated rings. The van der Waals surface area contributed by atoms with Gasteiger partial charge in [-0.3, -0.25) is 9.59 Å². The number of hydrogen-bond donors (Lipinski definition) is 2. The van der Waals surface area contributed by atoms with Gasteiger partial charge in [-0.05, 0) is 0 Å². The van der Waals surface area contributed by atoms with Crippen molar-refractivity contribution < 1.29 is 49.4 Å². The molecule has 0 atom stereocenters. The molecule has 0 aromatic carbocycles. The molecule has 0 aromatic rings. The molecule has 0 unspecified atom stereocenters. The van der Waals surface area contributed by atoms with Gasteiger partial charge in [0, 0.05) is 0 Å². The Labute approximate surface area is 75.2 Å². The van der Waals surface area contributed by atoms with Crippen LogP contribution in [0.1, 0.15) is 6.42 Å². The zero-order chi connectivity index (χ0) is 5.86. The Morgan fingerprint density at radius 3 is 1.33 bits per heavy atom. The maximum atomic E-state index is 9.43. The molecular formula is C4H7NaO4. The van der Waals surface area contributed by atoms with Crippen molar-refractivity contribution in [2.45, 2.75) is 6.42 Å². The van der Waals surface area contributed by atoms with Crippen LogP contribution in [0.3, 0.4) is 0 Å². The minimum Gasteiger partial charge on any atom is -0.481 e. The van der Waals surface area contributed by atoms with Crippen LogP contribution in [0.4, 0.5) is 0 Å². The molecule has 0 aromatic heterocycles. The van der Waals surface area contributed by atoms with Gasteiger partial charge in [0.1, 0.15) is 6.42 Å². The summed E-state index contributed by atoms with van der Waals surface area (Å²) in [5, 5.41) is 15.4. The van der Waals surface area contributed by atoms with E-state index in [0.717, 1.165) is 0 Å². The smallest absolute Gasteiger partial charge is 0.481 e. The van der Waals surface area contributed by atoms with Crippen LogP contribution >= 0.6 is 0 Å². The summed E-state index contributed by atoms with van der Waals surface area (Å²) in [4.78, 5) is 18.9. The van der Waals surface area contributed by atoms with Crippen molar-refractivity contribution in [3.05, 3.63) is 7.43 Å². The van der Waals surface area contributed by atoms with Crippen LogP contribution in [-0.2, 0) is 9.59 Å². The van der Waals surface area contributed by atoms with E-state index in [-0.39, 0.29) is 37.0 Å². The second-order valence-electron chi connectivity index (χ2n) is 0.964. The number of aliphatic carboxylic acids is 2. The molecular weight excluding hydrogens is 135 g/mol. The van der Waals surface area contributed by atoms with Gasteiger partial charge in [0.05, 0.1) is 0 Å². The SMILES string of the molecule is O=C(O)CC(=O)O.[CH3-].[Na+]. The number of carboxylic acids is 2. The summed E-state index contributed by atoms with van der Waals surface area (Å²) in [7, 11) is 0. The normalized spacial score (nSPS) is 6.22. The quantitative estimate of drug-likeness (QED) is 0.245. The summed E-state index contributed by atoms with van der Waals surface area (Å²) in [6.07, 6.45) is -0.806. The van der Waals surface area contributed by atoms with Gasteiger partial charge >= 0.3 is 41.5 Å². The van der Waals surface area contributed by atoms with E-state index in [2.05, 4.69) is 0 Å². The van der Waals surface area contributed by atoms with Gasteiger partial charge in [-0.25, -0.2) is 0 Å². The monoisotopic (exact) mass is 142 g/mol. The fourth-order valence-electron chi connectivity index (χ4n) is 0.129. The van der Waals surface area contributed by atoms with Crippen LogP contribution in [0.25, 0.3) is 0 Å². The summed E-state index contributed by atoms with van der Waals surface area (Å²) in [5.41, 5.74) is 0. The van der Waals surface area contributed by atoms with E-state index in [1.165, 1.54) is 0 Å². The Morgan fingerprint density at radius 1 is 1.11 bits per heavy atom. The molecule has 0 bridgehead atoms. The van der Waals surface area contributed by atoms with Crippen LogP contribution in [-0.4, -0.2) is 22.2 Å². The Hall–Kier alpha value is -0.0600. The summed E-state index contributed by atoms with van der Waals surface area (Å²) in [6.45, 7) is 0. The fourth-order valence-corrected chi connectivity index (χ4v) is 0.129. The molecule has 0 aliphatic carbocycles. The molecule has 0 aliphatic heterocycles. The van der Waals surface area contributed by atoms with Crippen LogP contribution in [0.5, 0.6) is 0 Å². The standard InChI is InChI=1S/C3H4O4.CH3.Na/c4-2(5)1-3(6)7;;/h1H2,(H,4,5)(H,6,7);1H3;/q;-1;+1. The van der Waals surface area contributed by atoms with Crippen molar-refractivity contribution in [2.24, 2.45) is 0 Å². The van der Waals surface area contributed by atoms with Crippen LogP contribution in [0.15, 0.2) is 0 Å². The Kier molecular flexibility index (Phi) is 14.1. The summed E-state index contributed by atoms with van der Waals surface area (Å²) in [5.74, 6) is -2.62. The summed E-state index contributed by atoms with van der Waals surface area (Å²) < 4.78 is 0. The van der Waals surface area contributed by atoms with Crippen molar-refractivity contribution in [1.29, 1.82) is 0 Å². The van der Waals surface area contributed by atoms with E-state index in [4.69, 9.17) is 10.2 Å². The number of carbonyl (C=O) groups is 2. The van der Waals surface area contributed by atoms with E-state index in [0.29, 0.717) is 0 Å². The molecule has 0 aliphatic rings. The average molecular weight is 142 g/mol. The maximum Gasteiger partial charge on any atom is 1.00 e. The molecule has 0 spiro atoms. The van der Waals surface area contributed by atoms with Crippen LogP contribution in [0.2, 0.25) is 0 Å². The second-order valence-corrected chi connectivity index (χ2v) is 0.964.